The molecule has 0 heterocycles. The first kappa shape index (κ1) is 26.5. The highest BCUT2D eigenvalue weighted by molar-refractivity contribution is 5.95. The largest absolute Gasteiger partial charge is 0.497 e. The number of hydrogen-bond donors (Lipinski definition) is 0. The maximum Gasteiger partial charge on any atom is 0.254 e. The van der Waals surface area contributed by atoms with Gasteiger partial charge in [0.1, 0.15) is 17.2 Å². The van der Waals surface area contributed by atoms with Gasteiger partial charge in [0.05, 0.1) is 20.8 Å². The van der Waals surface area contributed by atoms with Crippen molar-refractivity contribution in [2.75, 3.05) is 40.5 Å². The van der Waals surface area contributed by atoms with Crippen LogP contribution in [0.25, 0.3) is 0 Å². The molecule has 0 bridgehead atoms. The highest BCUT2D eigenvalue weighted by Gasteiger charge is 2.23. The van der Waals surface area contributed by atoms with Gasteiger partial charge in [-0.15, -0.1) is 0 Å². The average Bonchev–Trinajstić information content (AvgIpc) is 2.85. The molecule has 6 nitrogen and oxygen atoms in total. The minimum absolute atomic E-state index is 0.0311. The Morgan fingerprint density at radius 1 is 0.909 bits per heavy atom. The molecule has 182 valence electrons. The van der Waals surface area contributed by atoms with E-state index < -0.39 is 0 Å². The van der Waals surface area contributed by atoms with Crippen molar-refractivity contribution in [2.24, 2.45) is 0 Å². The summed E-state index contributed by atoms with van der Waals surface area (Å²) in [5, 5.41) is 0. The van der Waals surface area contributed by atoms with E-state index in [1.807, 2.05) is 36.1 Å². The van der Waals surface area contributed by atoms with E-state index in [-0.39, 0.29) is 11.9 Å². The summed E-state index contributed by atoms with van der Waals surface area (Å²) in [6, 6.07) is 13.4. The Balaban J connectivity index is 2.26. The molecule has 0 saturated carbocycles. The molecule has 0 aliphatic rings. The van der Waals surface area contributed by atoms with E-state index in [0.29, 0.717) is 30.2 Å². The van der Waals surface area contributed by atoms with Gasteiger partial charge in [-0.3, -0.25) is 4.79 Å². The Bertz CT molecular complexity index is 827. The Morgan fingerprint density at radius 2 is 1.52 bits per heavy atom. The molecule has 0 spiro atoms. The van der Waals surface area contributed by atoms with Crippen molar-refractivity contribution in [2.45, 2.75) is 53.1 Å². The highest BCUT2D eigenvalue weighted by atomic mass is 16.5. The van der Waals surface area contributed by atoms with Gasteiger partial charge in [0.15, 0.2) is 0 Å². The molecule has 1 amide bonds. The molecule has 1 atom stereocenters. The summed E-state index contributed by atoms with van der Waals surface area (Å²) in [5.41, 5.74) is 1.63. The van der Waals surface area contributed by atoms with E-state index in [2.05, 4.69) is 25.7 Å². The van der Waals surface area contributed by atoms with E-state index in [0.717, 1.165) is 43.8 Å². The lowest BCUT2D eigenvalue weighted by molar-refractivity contribution is 0.0661. The Morgan fingerprint density at radius 3 is 2.03 bits per heavy atom. The van der Waals surface area contributed by atoms with E-state index in [1.54, 1.807) is 32.4 Å². The van der Waals surface area contributed by atoms with Crippen molar-refractivity contribution in [3.05, 3.63) is 53.6 Å². The van der Waals surface area contributed by atoms with Crippen molar-refractivity contribution in [1.82, 2.24) is 9.80 Å². The minimum atomic E-state index is -0.0311. The van der Waals surface area contributed by atoms with Crippen LogP contribution in [0.4, 0.5) is 0 Å². The fraction of sp³-hybridized carbons (Fsp3) is 0.519. The topological polar surface area (TPSA) is 51.2 Å². The Kier molecular flexibility index (Phi) is 11.0. The summed E-state index contributed by atoms with van der Waals surface area (Å²) in [7, 11) is 3.19. The molecule has 0 aliphatic heterocycles. The second-order valence-electron chi connectivity index (χ2n) is 8.13. The third-order valence-corrected chi connectivity index (χ3v) is 5.97. The SMILES string of the molecule is CCOc1ccc(CN(C(=O)c2cc(OC)cc(OC)c2)C(C)CCCN(CC)CC)cc1. The number of methoxy groups -OCH3 is 2. The number of carbonyl (C=O) groups excluding carboxylic acids is 1. The van der Waals surface area contributed by atoms with Gasteiger partial charge in [0, 0.05) is 24.2 Å². The smallest absolute Gasteiger partial charge is 0.254 e. The third-order valence-electron chi connectivity index (χ3n) is 5.97. The third kappa shape index (κ3) is 7.97. The van der Waals surface area contributed by atoms with E-state index >= 15 is 0 Å². The first-order valence-electron chi connectivity index (χ1n) is 11.9. The summed E-state index contributed by atoms with van der Waals surface area (Å²) in [5.74, 6) is 2.01. The second-order valence-corrected chi connectivity index (χ2v) is 8.13. The standard InChI is InChI=1S/C27H40N2O4/c1-7-28(8-2)16-10-11-21(4)29(20-22-12-14-24(15-13-22)33-9-3)27(30)23-17-25(31-5)19-26(18-23)32-6/h12-15,17-19,21H,7-11,16,20H2,1-6H3. The van der Waals surface area contributed by atoms with Gasteiger partial charge in [-0.25, -0.2) is 0 Å². The van der Waals surface area contributed by atoms with Gasteiger partial charge in [0.25, 0.3) is 5.91 Å². The van der Waals surface area contributed by atoms with Gasteiger partial charge in [-0.2, -0.15) is 0 Å². The average molecular weight is 457 g/mol. The predicted octanol–water partition coefficient (Wildman–Crippen LogP) is 5.26. The van der Waals surface area contributed by atoms with Gasteiger partial charge in [0.2, 0.25) is 0 Å². The van der Waals surface area contributed by atoms with Gasteiger partial charge < -0.3 is 24.0 Å². The molecule has 33 heavy (non-hydrogen) atoms. The summed E-state index contributed by atoms with van der Waals surface area (Å²) in [6.07, 6.45) is 1.97. The lowest BCUT2D eigenvalue weighted by Crippen LogP contribution is -2.38. The van der Waals surface area contributed by atoms with Crippen LogP contribution in [0.3, 0.4) is 0 Å². The lowest BCUT2D eigenvalue weighted by Gasteiger charge is -2.30. The number of ether oxygens (including phenoxy) is 3. The molecule has 0 fully saturated rings. The summed E-state index contributed by atoms with van der Waals surface area (Å²) < 4.78 is 16.3. The number of nitrogens with zero attached hydrogens (tertiary/aromatic N) is 2. The predicted molar refractivity (Wildman–Crippen MR) is 134 cm³/mol. The van der Waals surface area contributed by atoms with Crippen molar-refractivity contribution in [3.63, 3.8) is 0 Å². The molecule has 0 N–H and O–H groups in total. The number of benzene rings is 2. The van der Waals surface area contributed by atoms with Crippen molar-refractivity contribution in [3.8, 4) is 17.2 Å². The molecule has 2 aromatic carbocycles. The van der Waals surface area contributed by atoms with E-state index in [9.17, 15) is 4.79 Å². The summed E-state index contributed by atoms with van der Waals surface area (Å²) in [4.78, 5) is 18.1. The molecule has 6 heteroatoms. The van der Waals surface area contributed by atoms with Crippen LogP contribution in [0.1, 0.15) is 56.5 Å². The molecular formula is C27H40N2O4. The minimum Gasteiger partial charge on any atom is -0.497 e. The first-order valence-corrected chi connectivity index (χ1v) is 11.9. The molecule has 0 radical (unpaired) electrons. The lowest BCUT2D eigenvalue weighted by atomic mass is 10.1. The molecule has 0 aliphatic carbocycles. The second kappa shape index (κ2) is 13.7. The number of amides is 1. The maximum absolute atomic E-state index is 13.7. The zero-order valence-corrected chi connectivity index (χ0v) is 21.1. The molecule has 0 aromatic heterocycles. The highest BCUT2D eigenvalue weighted by Crippen LogP contribution is 2.25. The Labute approximate surface area is 199 Å². The van der Waals surface area contributed by atoms with Crippen LogP contribution in [0.15, 0.2) is 42.5 Å². The van der Waals surface area contributed by atoms with E-state index in [1.165, 1.54) is 0 Å². The van der Waals surface area contributed by atoms with Crippen molar-refractivity contribution < 1.29 is 19.0 Å². The normalized spacial score (nSPS) is 11.8. The molecule has 0 saturated heterocycles. The zero-order valence-electron chi connectivity index (χ0n) is 21.1. The van der Waals surface area contributed by atoms with Crippen LogP contribution >= 0.6 is 0 Å². The van der Waals surface area contributed by atoms with Gasteiger partial charge in [-0.1, -0.05) is 26.0 Å². The van der Waals surface area contributed by atoms with Crippen LogP contribution in [0.2, 0.25) is 0 Å². The van der Waals surface area contributed by atoms with Crippen LogP contribution in [-0.4, -0.2) is 62.2 Å². The molecule has 1 unspecified atom stereocenters. The summed E-state index contributed by atoms with van der Waals surface area (Å²) >= 11 is 0. The van der Waals surface area contributed by atoms with Crippen molar-refractivity contribution >= 4 is 5.91 Å². The fourth-order valence-electron chi connectivity index (χ4n) is 3.88. The number of rotatable bonds is 14. The monoisotopic (exact) mass is 456 g/mol. The quantitative estimate of drug-likeness (QED) is 0.388. The Hall–Kier alpha value is -2.73. The van der Waals surface area contributed by atoms with E-state index in [4.69, 9.17) is 14.2 Å². The van der Waals surface area contributed by atoms with Gasteiger partial charge in [-0.05, 0) is 76.2 Å². The summed E-state index contributed by atoms with van der Waals surface area (Å²) in [6.45, 7) is 12.8. The molecular weight excluding hydrogens is 416 g/mol. The van der Waals surface area contributed by atoms with Crippen LogP contribution in [-0.2, 0) is 6.54 Å². The van der Waals surface area contributed by atoms with Crippen molar-refractivity contribution in [1.29, 1.82) is 0 Å². The fourth-order valence-corrected chi connectivity index (χ4v) is 3.88. The number of hydrogen-bond acceptors (Lipinski definition) is 5. The number of carbonyl (C=O) groups is 1. The van der Waals surface area contributed by atoms with Crippen LogP contribution < -0.4 is 14.2 Å². The zero-order chi connectivity index (χ0) is 24.2. The molecule has 2 rings (SSSR count). The van der Waals surface area contributed by atoms with Crippen LogP contribution in [0.5, 0.6) is 17.2 Å². The first-order chi connectivity index (χ1) is 15.9. The van der Waals surface area contributed by atoms with Crippen LogP contribution in [0, 0.1) is 0 Å². The maximum atomic E-state index is 13.7. The molecule has 2 aromatic rings. The van der Waals surface area contributed by atoms with Gasteiger partial charge >= 0.3 is 0 Å².